The summed E-state index contributed by atoms with van der Waals surface area (Å²) in [6.45, 7) is 2.84. The number of nitrogens with one attached hydrogen (secondary N) is 1. The van der Waals surface area contributed by atoms with Crippen molar-refractivity contribution < 1.29 is 4.39 Å². The van der Waals surface area contributed by atoms with Crippen molar-refractivity contribution in [2.75, 3.05) is 11.9 Å². The highest BCUT2D eigenvalue weighted by molar-refractivity contribution is 5.85. The number of fused-ring (bicyclic) bond motifs is 1. The molecule has 2 nitrogen and oxygen atoms in total. The molecular formula is C17H17FN2. The molecule has 0 atom stereocenters. The van der Waals surface area contributed by atoms with Crippen LogP contribution in [-0.4, -0.2) is 11.1 Å². The third-order valence-electron chi connectivity index (χ3n) is 3.38. The van der Waals surface area contributed by atoms with Crippen molar-refractivity contribution in [3.8, 4) is 5.69 Å². The lowest BCUT2D eigenvalue weighted by molar-refractivity contribution is 0.631. The van der Waals surface area contributed by atoms with Gasteiger partial charge in [-0.05, 0) is 30.7 Å². The van der Waals surface area contributed by atoms with E-state index in [1.807, 2.05) is 53.2 Å². The number of nitrogens with zero attached hydrogens (tertiary/aromatic N) is 1. The van der Waals surface area contributed by atoms with Gasteiger partial charge < -0.3 is 9.88 Å². The first-order chi connectivity index (χ1) is 9.79. The second-order valence-corrected chi connectivity index (χ2v) is 4.84. The summed E-state index contributed by atoms with van der Waals surface area (Å²) in [6.07, 6.45) is 2.95. The molecule has 3 rings (SSSR count). The molecule has 3 heteroatoms. The third kappa shape index (κ3) is 2.27. The fourth-order valence-electron chi connectivity index (χ4n) is 2.37. The molecule has 1 aromatic heterocycles. The van der Waals surface area contributed by atoms with Crippen LogP contribution in [0.1, 0.15) is 13.3 Å². The van der Waals surface area contributed by atoms with Crippen LogP contribution in [0.5, 0.6) is 0 Å². The molecule has 20 heavy (non-hydrogen) atoms. The minimum atomic E-state index is -0.207. The van der Waals surface area contributed by atoms with Gasteiger partial charge in [0.25, 0.3) is 0 Å². The largest absolute Gasteiger partial charge is 0.383 e. The van der Waals surface area contributed by atoms with Gasteiger partial charge in [-0.15, -0.1) is 0 Å². The summed E-state index contributed by atoms with van der Waals surface area (Å²) in [5.41, 5.74) is 2.50. The van der Waals surface area contributed by atoms with Gasteiger partial charge in [0.15, 0.2) is 0 Å². The zero-order valence-corrected chi connectivity index (χ0v) is 11.4. The van der Waals surface area contributed by atoms with Crippen molar-refractivity contribution in [3.63, 3.8) is 0 Å². The zero-order valence-electron chi connectivity index (χ0n) is 11.4. The molecule has 0 saturated heterocycles. The monoisotopic (exact) mass is 268 g/mol. The van der Waals surface area contributed by atoms with Gasteiger partial charge in [0, 0.05) is 29.9 Å². The standard InChI is InChI=1S/C17H17FN2/c1-2-9-19-16-11-13-8-10-20(17(13)12-15(16)18)14-6-4-3-5-7-14/h3-8,10-12,19H,2,9H2,1H3. The van der Waals surface area contributed by atoms with Gasteiger partial charge in [0.2, 0.25) is 0 Å². The summed E-state index contributed by atoms with van der Waals surface area (Å²) in [7, 11) is 0. The van der Waals surface area contributed by atoms with E-state index >= 15 is 0 Å². The summed E-state index contributed by atoms with van der Waals surface area (Å²) < 4.78 is 16.1. The van der Waals surface area contributed by atoms with Crippen molar-refractivity contribution in [3.05, 3.63) is 60.5 Å². The van der Waals surface area contributed by atoms with Gasteiger partial charge in [-0.25, -0.2) is 4.39 Å². The molecule has 1 N–H and O–H groups in total. The molecule has 1 heterocycles. The third-order valence-corrected chi connectivity index (χ3v) is 3.38. The predicted octanol–water partition coefficient (Wildman–Crippen LogP) is 4.59. The Bertz CT molecular complexity index is 716. The zero-order chi connectivity index (χ0) is 13.9. The molecule has 0 saturated carbocycles. The minimum absolute atomic E-state index is 0.207. The molecule has 3 aromatic rings. The quantitative estimate of drug-likeness (QED) is 0.732. The topological polar surface area (TPSA) is 17.0 Å². The van der Waals surface area contributed by atoms with Gasteiger partial charge in [0.1, 0.15) is 5.82 Å². The molecule has 2 aromatic carbocycles. The molecule has 0 aliphatic rings. The number of anilines is 1. The number of hydrogen-bond acceptors (Lipinski definition) is 1. The van der Waals surface area contributed by atoms with Crippen LogP contribution in [0.3, 0.4) is 0 Å². The number of rotatable bonds is 4. The molecule has 0 amide bonds. The fraction of sp³-hybridized carbons (Fsp3) is 0.176. The molecule has 0 radical (unpaired) electrons. The van der Waals surface area contributed by atoms with E-state index < -0.39 is 0 Å². The van der Waals surface area contributed by atoms with E-state index in [9.17, 15) is 4.39 Å². The lowest BCUT2D eigenvalue weighted by Gasteiger charge is -2.09. The molecule has 0 fully saturated rings. The SMILES string of the molecule is CCCNc1cc2ccn(-c3ccccc3)c2cc1F. The van der Waals surface area contributed by atoms with Crippen LogP contribution in [0.4, 0.5) is 10.1 Å². The van der Waals surface area contributed by atoms with E-state index in [0.717, 1.165) is 29.6 Å². The van der Waals surface area contributed by atoms with Crippen molar-refractivity contribution in [2.24, 2.45) is 0 Å². The Kier molecular flexibility index (Phi) is 3.42. The Morgan fingerprint density at radius 3 is 2.65 bits per heavy atom. The average molecular weight is 268 g/mol. The number of benzene rings is 2. The van der Waals surface area contributed by atoms with E-state index in [1.54, 1.807) is 6.07 Å². The second kappa shape index (κ2) is 5.37. The number of halogens is 1. The molecule has 0 bridgehead atoms. The number of para-hydroxylation sites is 1. The van der Waals surface area contributed by atoms with Gasteiger partial charge in [-0.2, -0.15) is 0 Å². The van der Waals surface area contributed by atoms with Gasteiger partial charge in [-0.1, -0.05) is 25.1 Å². The van der Waals surface area contributed by atoms with Crippen LogP contribution in [0.15, 0.2) is 54.7 Å². The minimum Gasteiger partial charge on any atom is -0.383 e. The normalized spacial score (nSPS) is 10.9. The van der Waals surface area contributed by atoms with Gasteiger partial charge in [-0.3, -0.25) is 0 Å². The Morgan fingerprint density at radius 2 is 1.90 bits per heavy atom. The van der Waals surface area contributed by atoms with Gasteiger partial charge >= 0.3 is 0 Å². The van der Waals surface area contributed by atoms with Crippen molar-refractivity contribution in [1.82, 2.24) is 4.57 Å². The molecule has 0 spiro atoms. The predicted molar refractivity (Wildman–Crippen MR) is 82.0 cm³/mol. The highest BCUT2D eigenvalue weighted by Gasteiger charge is 2.08. The molecule has 0 unspecified atom stereocenters. The average Bonchev–Trinajstić information content (AvgIpc) is 2.88. The van der Waals surface area contributed by atoms with Crippen molar-refractivity contribution >= 4 is 16.6 Å². The maximum atomic E-state index is 14.1. The Balaban J connectivity index is 2.08. The van der Waals surface area contributed by atoms with E-state index in [0.29, 0.717) is 5.69 Å². The first-order valence-corrected chi connectivity index (χ1v) is 6.89. The summed E-state index contributed by atoms with van der Waals surface area (Å²) in [5.74, 6) is -0.207. The number of hydrogen-bond donors (Lipinski definition) is 1. The van der Waals surface area contributed by atoms with Crippen LogP contribution in [0.25, 0.3) is 16.6 Å². The van der Waals surface area contributed by atoms with Gasteiger partial charge in [0.05, 0.1) is 11.2 Å². The highest BCUT2D eigenvalue weighted by Crippen LogP contribution is 2.26. The maximum absolute atomic E-state index is 14.1. The number of aromatic nitrogens is 1. The first-order valence-electron chi connectivity index (χ1n) is 6.89. The Morgan fingerprint density at radius 1 is 1.10 bits per heavy atom. The van der Waals surface area contributed by atoms with Crippen LogP contribution in [0, 0.1) is 5.82 Å². The maximum Gasteiger partial charge on any atom is 0.148 e. The Hall–Kier alpha value is -2.29. The second-order valence-electron chi connectivity index (χ2n) is 4.84. The summed E-state index contributed by atoms with van der Waals surface area (Å²) in [5, 5.41) is 4.16. The van der Waals surface area contributed by atoms with Crippen molar-refractivity contribution in [2.45, 2.75) is 13.3 Å². The van der Waals surface area contributed by atoms with Crippen molar-refractivity contribution in [1.29, 1.82) is 0 Å². The molecule has 102 valence electrons. The lowest BCUT2D eigenvalue weighted by Crippen LogP contribution is -2.02. The highest BCUT2D eigenvalue weighted by atomic mass is 19.1. The van der Waals surface area contributed by atoms with E-state index in [-0.39, 0.29) is 5.82 Å². The fourth-order valence-corrected chi connectivity index (χ4v) is 2.37. The van der Waals surface area contributed by atoms with E-state index in [4.69, 9.17) is 0 Å². The van der Waals surface area contributed by atoms with Crippen LogP contribution >= 0.6 is 0 Å². The smallest absolute Gasteiger partial charge is 0.148 e. The Labute approximate surface area is 117 Å². The van der Waals surface area contributed by atoms with E-state index in [1.165, 1.54) is 0 Å². The van der Waals surface area contributed by atoms with E-state index in [2.05, 4.69) is 12.2 Å². The van der Waals surface area contributed by atoms with Crippen LogP contribution < -0.4 is 5.32 Å². The molecule has 0 aliphatic carbocycles. The first kappa shape index (κ1) is 12.7. The molecular weight excluding hydrogens is 251 g/mol. The summed E-state index contributed by atoms with van der Waals surface area (Å²) in [6, 6.07) is 15.5. The van der Waals surface area contributed by atoms with Crippen LogP contribution in [-0.2, 0) is 0 Å². The van der Waals surface area contributed by atoms with Crippen LogP contribution in [0.2, 0.25) is 0 Å². The summed E-state index contributed by atoms with van der Waals surface area (Å²) >= 11 is 0. The molecule has 0 aliphatic heterocycles. The summed E-state index contributed by atoms with van der Waals surface area (Å²) in [4.78, 5) is 0. The lowest BCUT2D eigenvalue weighted by atomic mass is 10.2.